The average molecular weight is 302 g/mol. The number of hydrogen-bond donors (Lipinski definition) is 2. The molecule has 122 valence electrons. The molecule has 2 rings (SSSR count). The van der Waals surface area contributed by atoms with Crippen molar-refractivity contribution in [3.05, 3.63) is 34.9 Å². The Morgan fingerprint density at radius 3 is 2.36 bits per heavy atom. The van der Waals surface area contributed by atoms with Crippen molar-refractivity contribution in [3.8, 4) is 0 Å². The van der Waals surface area contributed by atoms with Gasteiger partial charge in [-0.2, -0.15) is 0 Å². The fourth-order valence-corrected chi connectivity index (χ4v) is 3.61. The van der Waals surface area contributed by atoms with E-state index in [1.54, 1.807) is 0 Å². The van der Waals surface area contributed by atoms with Gasteiger partial charge in [0.15, 0.2) is 0 Å². The van der Waals surface area contributed by atoms with Crippen LogP contribution >= 0.6 is 0 Å². The summed E-state index contributed by atoms with van der Waals surface area (Å²) in [6.07, 6.45) is 8.87. The molecule has 0 spiro atoms. The predicted octanol–water partition coefficient (Wildman–Crippen LogP) is 4.29. The number of carbonyl (C=O) groups is 1. The number of amides is 1. The van der Waals surface area contributed by atoms with Gasteiger partial charge in [0.2, 0.25) is 0 Å². The maximum atomic E-state index is 12.4. The largest absolute Gasteiger partial charge is 0.287 e. The Balaban J connectivity index is 1.94. The second-order valence-electron chi connectivity index (χ2n) is 6.77. The molecule has 1 aliphatic rings. The van der Waals surface area contributed by atoms with E-state index >= 15 is 0 Å². The Morgan fingerprint density at radius 1 is 1.14 bits per heavy atom. The highest BCUT2D eigenvalue weighted by molar-refractivity contribution is 5.94. The molecule has 2 N–H and O–H groups in total. The van der Waals surface area contributed by atoms with E-state index < -0.39 is 0 Å². The molecule has 1 aromatic carbocycles. The minimum absolute atomic E-state index is 0.0243. The van der Waals surface area contributed by atoms with Crippen molar-refractivity contribution < 1.29 is 4.79 Å². The summed E-state index contributed by atoms with van der Waals surface area (Å²) in [5.41, 5.74) is 9.27. The Labute approximate surface area is 134 Å². The summed E-state index contributed by atoms with van der Waals surface area (Å²) in [6.45, 7) is 6.27. The number of benzene rings is 1. The van der Waals surface area contributed by atoms with Gasteiger partial charge in [-0.1, -0.05) is 49.8 Å². The average Bonchev–Trinajstić information content (AvgIpc) is 2.51. The molecule has 1 atom stereocenters. The molecule has 0 saturated heterocycles. The minimum atomic E-state index is -0.0243. The number of nitrogens with one attached hydrogen (secondary N) is 2. The molecule has 3 heteroatoms. The quantitative estimate of drug-likeness (QED) is 0.770. The van der Waals surface area contributed by atoms with E-state index in [-0.39, 0.29) is 5.91 Å². The van der Waals surface area contributed by atoms with E-state index in [0.717, 1.165) is 29.5 Å². The lowest BCUT2D eigenvalue weighted by molar-refractivity contribution is 0.0909. The number of aryl methyl sites for hydroxylation is 2. The van der Waals surface area contributed by atoms with Crippen LogP contribution in [0, 0.1) is 19.8 Å². The van der Waals surface area contributed by atoms with E-state index in [1.807, 2.05) is 26.0 Å². The molecule has 1 aromatic rings. The third-order valence-corrected chi connectivity index (χ3v) is 4.67. The lowest BCUT2D eigenvalue weighted by Crippen LogP contribution is -2.48. The van der Waals surface area contributed by atoms with E-state index in [0.29, 0.717) is 12.0 Å². The van der Waals surface area contributed by atoms with E-state index in [9.17, 15) is 4.79 Å². The van der Waals surface area contributed by atoms with E-state index in [2.05, 4.69) is 23.8 Å². The van der Waals surface area contributed by atoms with Crippen molar-refractivity contribution in [2.24, 2.45) is 5.92 Å². The zero-order valence-electron chi connectivity index (χ0n) is 14.2. The normalized spacial score (nSPS) is 17.2. The highest BCUT2D eigenvalue weighted by atomic mass is 16.2. The lowest BCUT2D eigenvalue weighted by atomic mass is 9.82. The first kappa shape index (κ1) is 17.0. The van der Waals surface area contributed by atoms with Crippen molar-refractivity contribution in [1.82, 2.24) is 10.9 Å². The van der Waals surface area contributed by atoms with Crippen molar-refractivity contribution in [1.29, 1.82) is 0 Å². The summed E-state index contributed by atoms with van der Waals surface area (Å²) in [4.78, 5) is 12.4. The molecular weight excluding hydrogens is 272 g/mol. The zero-order chi connectivity index (χ0) is 15.9. The SMILES string of the molecule is CCC[C@@H](NNC(=O)c1cc(C)cc(C)c1)C1CCCCC1. The van der Waals surface area contributed by atoms with Crippen LogP contribution in [0.1, 0.15) is 73.4 Å². The summed E-state index contributed by atoms with van der Waals surface area (Å²) in [6, 6.07) is 6.38. The van der Waals surface area contributed by atoms with Gasteiger partial charge in [-0.15, -0.1) is 0 Å². The molecule has 0 unspecified atom stereocenters. The first-order valence-electron chi connectivity index (χ1n) is 8.74. The predicted molar refractivity (Wildman–Crippen MR) is 91.8 cm³/mol. The fourth-order valence-electron chi connectivity index (χ4n) is 3.61. The third-order valence-electron chi connectivity index (χ3n) is 4.67. The van der Waals surface area contributed by atoms with Crippen LogP contribution in [-0.4, -0.2) is 11.9 Å². The Kier molecular flexibility index (Phi) is 6.44. The van der Waals surface area contributed by atoms with Gasteiger partial charge in [0.1, 0.15) is 0 Å². The molecule has 0 aliphatic heterocycles. The van der Waals surface area contributed by atoms with Crippen molar-refractivity contribution >= 4 is 5.91 Å². The van der Waals surface area contributed by atoms with Crippen LogP contribution in [0.3, 0.4) is 0 Å². The van der Waals surface area contributed by atoms with Gasteiger partial charge in [-0.3, -0.25) is 10.2 Å². The van der Waals surface area contributed by atoms with Gasteiger partial charge in [-0.05, 0) is 51.2 Å². The van der Waals surface area contributed by atoms with Crippen molar-refractivity contribution in [2.45, 2.75) is 71.8 Å². The Hall–Kier alpha value is -1.35. The lowest BCUT2D eigenvalue weighted by Gasteiger charge is -2.31. The summed E-state index contributed by atoms with van der Waals surface area (Å²) in [5.74, 6) is 0.678. The molecule has 1 amide bonds. The third kappa shape index (κ3) is 4.84. The first-order chi connectivity index (χ1) is 10.6. The number of rotatable bonds is 6. The molecule has 1 aliphatic carbocycles. The summed E-state index contributed by atoms with van der Waals surface area (Å²) < 4.78 is 0. The van der Waals surface area contributed by atoms with Gasteiger partial charge in [0.25, 0.3) is 5.91 Å². The molecule has 1 saturated carbocycles. The second-order valence-corrected chi connectivity index (χ2v) is 6.77. The number of hydrogen-bond acceptors (Lipinski definition) is 2. The van der Waals surface area contributed by atoms with Crippen LogP contribution in [0.2, 0.25) is 0 Å². The Morgan fingerprint density at radius 2 is 1.77 bits per heavy atom. The molecule has 0 radical (unpaired) electrons. The molecule has 0 bridgehead atoms. The molecular formula is C19H30N2O. The van der Waals surface area contributed by atoms with Gasteiger partial charge in [-0.25, -0.2) is 5.43 Å². The van der Waals surface area contributed by atoms with Crippen molar-refractivity contribution in [3.63, 3.8) is 0 Å². The second kappa shape index (κ2) is 8.33. The van der Waals surface area contributed by atoms with E-state index in [1.165, 1.54) is 32.1 Å². The van der Waals surface area contributed by atoms with Gasteiger partial charge in [0, 0.05) is 11.6 Å². The van der Waals surface area contributed by atoms with Gasteiger partial charge in [0.05, 0.1) is 0 Å². The molecule has 0 aromatic heterocycles. The summed E-state index contributed by atoms with van der Waals surface area (Å²) in [5, 5.41) is 0. The topological polar surface area (TPSA) is 41.1 Å². The van der Waals surface area contributed by atoms with Crippen LogP contribution in [0.25, 0.3) is 0 Å². The maximum absolute atomic E-state index is 12.4. The smallest absolute Gasteiger partial charge is 0.265 e. The van der Waals surface area contributed by atoms with Crippen LogP contribution in [0.15, 0.2) is 18.2 Å². The van der Waals surface area contributed by atoms with E-state index in [4.69, 9.17) is 0 Å². The monoisotopic (exact) mass is 302 g/mol. The maximum Gasteiger partial charge on any atom is 0.265 e. The standard InChI is InChI=1S/C19H30N2O/c1-4-8-18(16-9-6-5-7-10-16)20-21-19(22)17-12-14(2)11-15(3)13-17/h11-13,16,18,20H,4-10H2,1-3H3,(H,21,22)/t18-/m1/s1. The molecule has 1 fully saturated rings. The highest BCUT2D eigenvalue weighted by Crippen LogP contribution is 2.28. The van der Waals surface area contributed by atoms with Gasteiger partial charge >= 0.3 is 0 Å². The molecule has 22 heavy (non-hydrogen) atoms. The molecule has 3 nitrogen and oxygen atoms in total. The van der Waals surface area contributed by atoms with Gasteiger partial charge < -0.3 is 0 Å². The van der Waals surface area contributed by atoms with Crippen LogP contribution in [0.4, 0.5) is 0 Å². The van der Waals surface area contributed by atoms with Crippen LogP contribution in [0.5, 0.6) is 0 Å². The summed E-state index contributed by atoms with van der Waals surface area (Å²) >= 11 is 0. The minimum Gasteiger partial charge on any atom is -0.287 e. The van der Waals surface area contributed by atoms with Crippen LogP contribution < -0.4 is 10.9 Å². The van der Waals surface area contributed by atoms with Crippen LogP contribution in [-0.2, 0) is 0 Å². The summed E-state index contributed by atoms with van der Waals surface area (Å²) in [7, 11) is 0. The first-order valence-corrected chi connectivity index (χ1v) is 8.74. The molecule has 0 heterocycles. The fraction of sp³-hybridized carbons (Fsp3) is 0.632. The highest BCUT2D eigenvalue weighted by Gasteiger charge is 2.23. The zero-order valence-corrected chi connectivity index (χ0v) is 14.2. The number of carbonyl (C=O) groups excluding carboxylic acids is 1. The van der Waals surface area contributed by atoms with Crippen molar-refractivity contribution in [2.75, 3.05) is 0 Å². The Bertz CT molecular complexity index is 472. The number of hydrazine groups is 1.